The highest BCUT2D eigenvalue weighted by molar-refractivity contribution is 7.99. The monoisotopic (exact) mass is 328 g/mol. The van der Waals surface area contributed by atoms with E-state index in [9.17, 15) is 4.79 Å². The Labute approximate surface area is 138 Å². The van der Waals surface area contributed by atoms with Crippen LogP contribution in [-0.2, 0) is 0 Å². The molecule has 0 spiro atoms. The molecule has 1 N–H and O–H groups in total. The molecule has 0 aromatic heterocycles. The van der Waals surface area contributed by atoms with Gasteiger partial charge in [-0.15, -0.1) is 24.2 Å². The van der Waals surface area contributed by atoms with E-state index < -0.39 is 0 Å². The normalized spacial score (nSPS) is 17.9. The van der Waals surface area contributed by atoms with E-state index in [1.165, 1.54) is 4.90 Å². The number of likely N-dealkylation sites (N-methyl/N-ethyl adjacent to an activating group) is 1. The van der Waals surface area contributed by atoms with Gasteiger partial charge in [0.1, 0.15) is 0 Å². The maximum absolute atomic E-state index is 12.6. The predicted molar refractivity (Wildman–Crippen MR) is 92.7 cm³/mol. The Bertz CT molecular complexity index is 450. The van der Waals surface area contributed by atoms with Crippen LogP contribution in [0.5, 0.6) is 0 Å². The number of carbonyl (C=O) groups is 1. The minimum atomic E-state index is 0. The number of hydrogen-bond acceptors (Lipinski definition) is 3. The molecule has 21 heavy (non-hydrogen) atoms. The molecule has 3 nitrogen and oxygen atoms in total. The van der Waals surface area contributed by atoms with Crippen LogP contribution < -0.4 is 5.32 Å². The van der Waals surface area contributed by atoms with E-state index in [-0.39, 0.29) is 18.3 Å². The summed E-state index contributed by atoms with van der Waals surface area (Å²) >= 11 is 1.82. The number of rotatable bonds is 5. The van der Waals surface area contributed by atoms with Crippen LogP contribution in [-0.4, -0.2) is 42.2 Å². The maximum atomic E-state index is 12.6. The van der Waals surface area contributed by atoms with Gasteiger partial charge >= 0.3 is 0 Å². The molecule has 0 saturated carbocycles. The Kier molecular flexibility index (Phi) is 7.57. The third-order valence-electron chi connectivity index (χ3n) is 3.55. The minimum absolute atomic E-state index is 0. The van der Waals surface area contributed by atoms with Crippen molar-refractivity contribution in [3.05, 3.63) is 29.8 Å². The zero-order chi connectivity index (χ0) is 14.5. The van der Waals surface area contributed by atoms with Crippen molar-refractivity contribution < 1.29 is 4.79 Å². The number of nitrogens with zero attached hydrogens (tertiary/aromatic N) is 1. The summed E-state index contributed by atoms with van der Waals surface area (Å²) in [5.41, 5.74) is 0.807. The molecule has 1 heterocycles. The second-order valence-electron chi connectivity index (χ2n) is 5.54. The Balaban J connectivity index is 0.00000220. The van der Waals surface area contributed by atoms with Crippen molar-refractivity contribution >= 4 is 30.1 Å². The summed E-state index contributed by atoms with van der Waals surface area (Å²) in [6.07, 6.45) is 2.22. The zero-order valence-corrected chi connectivity index (χ0v) is 14.6. The highest BCUT2D eigenvalue weighted by atomic mass is 35.5. The van der Waals surface area contributed by atoms with Gasteiger partial charge in [-0.3, -0.25) is 4.79 Å². The summed E-state index contributed by atoms with van der Waals surface area (Å²) in [6, 6.07) is 8.38. The minimum Gasteiger partial charge on any atom is -0.334 e. The summed E-state index contributed by atoms with van der Waals surface area (Å²) in [5.74, 6) is 0.170. The Morgan fingerprint density at radius 2 is 2.05 bits per heavy atom. The number of halogens is 1. The molecule has 118 valence electrons. The number of benzene rings is 1. The van der Waals surface area contributed by atoms with E-state index in [1.54, 1.807) is 0 Å². The van der Waals surface area contributed by atoms with Gasteiger partial charge in [-0.1, -0.05) is 13.8 Å². The van der Waals surface area contributed by atoms with Gasteiger partial charge in [0.15, 0.2) is 0 Å². The van der Waals surface area contributed by atoms with Gasteiger partial charge in [0, 0.05) is 34.8 Å². The predicted octanol–water partition coefficient (Wildman–Crippen LogP) is 3.43. The summed E-state index contributed by atoms with van der Waals surface area (Å²) in [7, 11) is 1.94. The van der Waals surface area contributed by atoms with Crippen LogP contribution in [0.4, 0.5) is 0 Å². The second-order valence-corrected chi connectivity index (χ2v) is 7.19. The quantitative estimate of drug-likeness (QED) is 0.840. The van der Waals surface area contributed by atoms with Crippen molar-refractivity contribution in [3.8, 4) is 0 Å². The van der Waals surface area contributed by atoms with Crippen molar-refractivity contribution in [1.82, 2.24) is 10.2 Å². The molecule has 0 aliphatic carbocycles. The van der Waals surface area contributed by atoms with Crippen LogP contribution in [0.15, 0.2) is 29.2 Å². The number of likely N-dealkylation sites (tertiary alicyclic amines) is 1. The molecule has 1 saturated heterocycles. The molecule has 1 atom stereocenters. The lowest BCUT2D eigenvalue weighted by atomic mass is 10.1. The summed E-state index contributed by atoms with van der Waals surface area (Å²) in [4.78, 5) is 15.8. The van der Waals surface area contributed by atoms with Gasteiger partial charge in [0.2, 0.25) is 0 Å². The number of carbonyl (C=O) groups excluding carboxylic acids is 1. The molecular formula is C16H25ClN2OS. The van der Waals surface area contributed by atoms with E-state index in [1.807, 2.05) is 35.8 Å². The van der Waals surface area contributed by atoms with Crippen molar-refractivity contribution in [2.45, 2.75) is 42.9 Å². The van der Waals surface area contributed by atoms with E-state index in [2.05, 4.69) is 31.3 Å². The van der Waals surface area contributed by atoms with Crippen molar-refractivity contribution in [3.63, 3.8) is 0 Å². The first-order chi connectivity index (χ1) is 9.61. The highest BCUT2D eigenvalue weighted by Crippen LogP contribution is 2.24. The number of amides is 1. The Morgan fingerprint density at radius 1 is 1.38 bits per heavy atom. The molecule has 1 aromatic carbocycles. The lowest BCUT2D eigenvalue weighted by Crippen LogP contribution is -2.40. The summed E-state index contributed by atoms with van der Waals surface area (Å²) in [5, 5.41) is 3.74. The molecule has 1 fully saturated rings. The van der Waals surface area contributed by atoms with Crippen LogP contribution in [0.3, 0.4) is 0 Å². The van der Waals surface area contributed by atoms with Crippen molar-refractivity contribution in [2.24, 2.45) is 0 Å². The smallest absolute Gasteiger partial charge is 0.254 e. The van der Waals surface area contributed by atoms with Gasteiger partial charge in [-0.2, -0.15) is 0 Å². The Morgan fingerprint density at radius 3 is 2.62 bits per heavy atom. The van der Waals surface area contributed by atoms with Gasteiger partial charge < -0.3 is 10.2 Å². The fourth-order valence-electron chi connectivity index (χ4n) is 2.66. The van der Waals surface area contributed by atoms with Gasteiger partial charge in [-0.25, -0.2) is 0 Å². The number of thioether (sulfide) groups is 1. The number of nitrogens with one attached hydrogen (secondary N) is 1. The van der Waals surface area contributed by atoms with Gasteiger partial charge in [0.05, 0.1) is 0 Å². The lowest BCUT2D eigenvalue weighted by molar-refractivity contribution is 0.0737. The largest absolute Gasteiger partial charge is 0.334 e. The van der Waals surface area contributed by atoms with Crippen LogP contribution in [0.1, 0.15) is 37.0 Å². The fraction of sp³-hybridized carbons (Fsp3) is 0.562. The number of hydrogen-bond donors (Lipinski definition) is 1. The van der Waals surface area contributed by atoms with E-state index >= 15 is 0 Å². The summed E-state index contributed by atoms with van der Waals surface area (Å²) < 4.78 is 0. The van der Waals surface area contributed by atoms with E-state index in [4.69, 9.17) is 0 Å². The molecule has 1 aromatic rings. The molecular weight excluding hydrogens is 304 g/mol. The van der Waals surface area contributed by atoms with E-state index in [0.29, 0.717) is 11.3 Å². The van der Waals surface area contributed by atoms with Gasteiger partial charge in [-0.05, 0) is 44.2 Å². The molecule has 0 bridgehead atoms. The first-order valence-corrected chi connectivity index (χ1v) is 8.22. The molecule has 1 unspecified atom stereocenters. The van der Waals surface area contributed by atoms with Gasteiger partial charge in [0.25, 0.3) is 5.91 Å². The third-order valence-corrected chi connectivity index (χ3v) is 4.57. The zero-order valence-electron chi connectivity index (χ0n) is 13.0. The Hall–Kier alpha value is -0.710. The standard InChI is InChI=1S/C16H24N2OS.ClH/c1-12(2)20-15-8-6-13(7-9-15)16(19)18-10-4-5-14(18)11-17-3;/h6-9,12,14,17H,4-5,10-11H2,1-3H3;1H. The maximum Gasteiger partial charge on any atom is 0.254 e. The molecule has 1 amide bonds. The van der Waals surface area contributed by atoms with E-state index in [0.717, 1.165) is 31.5 Å². The third kappa shape index (κ3) is 4.90. The van der Waals surface area contributed by atoms with Crippen molar-refractivity contribution in [1.29, 1.82) is 0 Å². The average molecular weight is 329 g/mol. The first-order valence-electron chi connectivity index (χ1n) is 7.34. The highest BCUT2D eigenvalue weighted by Gasteiger charge is 2.28. The topological polar surface area (TPSA) is 32.3 Å². The van der Waals surface area contributed by atoms with Crippen molar-refractivity contribution in [2.75, 3.05) is 20.1 Å². The van der Waals surface area contributed by atoms with Crippen LogP contribution in [0.2, 0.25) is 0 Å². The molecule has 1 aliphatic heterocycles. The lowest BCUT2D eigenvalue weighted by Gasteiger charge is -2.24. The fourth-order valence-corrected chi connectivity index (χ4v) is 3.50. The summed E-state index contributed by atoms with van der Waals surface area (Å²) in [6.45, 7) is 6.12. The molecule has 1 aliphatic rings. The molecule has 5 heteroatoms. The second kappa shape index (κ2) is 8.66. The average Bonchev–Trinajstić information content (AvgIpc) is 2.87. The SMILES string of the molecule is CNCC1CCCN1C(=O)c1ccc(SC(C)C)cc1.Cl. The first kappa shape index (κ1) is 18.3. The molecule has 2 rings (SSSR count). The van der Waals surface area contributed by atoms with Crippen LogP contribution in [0.25, 0.3) is 0 Å². The molecule has 0 radical (unpaired) electrons. The van der Waals surface area contributed by atoms with Crippen LogP contribution >= 0.6 is 24.2 Å². The van der Waals surface area contributed by atoms with Crippen LogP contribution in [0, 0.1) is 0 Å².